The third kappa shape index (κ3) is 5.57. The standard InChI is InChI=1S/C15H25N5O2/c1-15(2,3)19-14-17-5-4-12(18-14)13(21)16-6-7-20-8-10-22-11-9-20/h4-5H,6-11H2,1-3H3,(H,16,21)(H,17,18,19). The van der Waals surface area contributed by atoms with E-state index in [1.165, 1.54) is 0 Å². The van der Waals surface area contributed by atoms with Crippen molar-refractivity contribution in [3.63, 3.8) is 0 Å². The summed E-state index contributed by atoms with van der Waals surface area (Å²) in [6.45, 7) is 10.9. The lowest BCUT2D eigenvalue weighted by atomic mass is 10.1. The number of morpholine rings is 1. The molecule has 1 amide bonds. The third-order valence-electron chi connectivity index (χ3n) is 3.19. The molecule has 1 fully saturated rings. The average molecular weight is 307 g/mol. The monoisotopic (exact) mass is 307 g/mol. The van der Waals surface area contributed by atoms with Crippen molar-refractivity contribution in [3.8, 4) is 0 Å². The van der Waals surface area contributed by atoms with Gasteiger partial charge in [0.05, 0.1) is 13.2 Å². The molecule has 1 aromatic heterocycles. The number of anilines is 1. The molecule has 2 heterocycles. The van der Waals surface area contributed by atoms with Gasteiger partial charge in [-0.15, -0.1) is 0 Å². The van der Waals surface area contributed by atoms with E-state index in [1.807, 2.05) is 20.8 Å². The zero-order chi connectivity index (χ0) is 16.0. The van der Waals surface area contributed by atoms with Gasteiger partial charge < -0.3 is 15.4 Å². The Morgan fingerprint density at radius 3 is 2.77 bits per heavy atom. The average Bonchev–Trinajstić information content (AvgIpc) is 2.47. The van der Waals surface area contributed by atoms with E-state index in [2.05, 4.69) is 25.5 Å². The highest BCUT2D eigenvalue weighted by Crippen LogP contribution is 2.09. The predicted octanol–water partition coefficient (Wildman–Crippen LogP) is 0.749. The second-order valence-corrected chi connectivity index (χ2v) is 6.35. The summed E-state index contributed by atoms with van der Waals surface area (Å²) in [7, 11) is 0. The summed E-state index contributed by atoms with van der Waals surface area (Å²) in [6, 6.07) is 1.62. The first-order valence-corrected chi connectivity index (χ1v) is 7.63. The van der Waals surface area contributed by atoms with Crippen LogP contribution in [-0.4, -0.2) is 65.7 Å². The van der Waals surface area contributed by atoms with E-state index in [9.17, 15) is 4.79 Å². The topological polar surface area (TPSA) is 79.4 Å². The number of nitrogens with one attached hydrogen (secondary N) is 2. The minimum Gasteiger partial charge on any atom is -0.379 e. The number of carbonyl (C=O) groups is 1. The van der Waals surface area contributed by atoms with Gasteiger partial charge in [0, 0.05) is 37.9 Å². The maximum Gasteiger partial charge on any atom is 0.270 e. The van der Waals surface area contributed by atoms with E-state index in [1.54, 1.807) is 12.3 Å². The molecule has 0 spiro atoms. The summed E-state index contributed by atoms with van der Waals surface area (Å²) < 4.78 is 5.30. The minimum atomic E-state index is -0.174. The fourth-order valence-corrected chi connectivity index (χ4v) is 2.12. The first kappa shape index (κ1) is 16.6. The molecule has 0 unspecified atom stereocenters. The van der Waals surface area contributed by atoms with Crippen LogP contribution in [0.25, 0.3) is 0 Å². The van der Waals surface area contributed by atoms with Gasteiger partial charge in [-0.2, -0.15) is 0 Å². The van der Waals surface area contributed by atoms with Gasteiger partial charge in [-0.1, -0.05) is 0 Å². The van der Waals surface area contributed by atoms with Gasteiger partial charge in [-0.05, 0) is 26.8 Å². The number of rotatable bonds is 5. The summed E-state index contributed by atoms with van der Waals surface area (Å²) in [6.07, 6.45) is 1.60. The van der Waals surface area contributed by atoms with Crippen LogP contribution in [0.2, 0.25) is 0 Å². The third-order valence-corrected chi connectivity index (χ3v) is 3.19. The Morgan fingerprint density at radius 2 is 2.09 bits per heavy atom. The van der Waals surface area contributed by atoms with Crippen LogP contribution < -0.4 is 10.6 Å². The van der Waals surface area contributed by atoms with Crippen LogP contribution in [0.1, 0.15) is 31.3 Å². The van der Waals surface area contributed by atoms with Gasteiger partial charge in [-0.3, -0.25) is 9.69 Å². The van der Waals surface area contributed by atoms with Crippen LogP contribution in [-0.2, 0) is 4.74 Å². The smallest absolute Gasteiger partial charge is 0.270 e. The summed E-state index contributed by atoms with van der Waals surface area (Å²) in [5, 5.41) is 6.06. The van der Waals surface area contributed by atoms with Crippen molar-refractivity contribution in [2.45, 2.75) is 26.3 Å². The molecule has 1 aliphatic rings. The molecule has 22 heavy (non-hydrogen) atoms. The van der Waals surface area contributed by atoms with Gasteiger partial charge in [-0.25, -0.2) is 9.97 Å². The van der Waals surface area contributed by atoms with Gasteiger partial charge in [0.1, 0.15) is 5.69 Å². The first-order valence-electron chi connectivity index (χ1n) is 7.63. The van der Waals surface area contributed by atoms with Crippen molar-refractivity contribution in [3.05, 3.63) is 18.0 Å². The van der Waals surface area contributed by atoms with Gasteiger partial charge in [0.2, 0.25) is 5.95 Å². The summed E-state index contributed by atoms with van der Waals surface area (Å²) in [5.74, 6) is 0.293. The number of carbonyl (C=O) groups excluding carboxylic acids is 1. The molecule has 1 aliphatic heterocycles. The van der Waals surface area contributed by atoms with Crippen molar-refractivity contribution >= 4 is 11.9 Å². The molecule has 7 heteroatoms. The van der Waals surface area contributed by atoms with Crippen LogP contribution in [0.4, 0.5) is 5.95 Å². The minimum absolute atomic E-state index is 0.147. The van der Waals surface area contributed by atoms with Crippen molar-refractivity contribution in [2.24, 2.45) is 0 Å². The number of ether oxygens (including phenoxy) is 1. The van der Waals surface area contributed by atoms with Gasteiger partial charge in [0.15, 0.2) is 0 Å². The fraction of sp³-hybridized carbons (Fsp3) is 0.667. The van der Waals surface area contributed by atoms with Crippen molar-refractivity contribution < 1.29 is 9.53 Å². The van der Waals surface area contributed by atoms with Gasteiger partial charge in [0.25, 0.3) is 5.91 Å². The predicted molar refractivity (Wildman–Crippen MR) is 85.0 cm³/mol. The van der Waals surface area contributed by atoms with E-state index in [0.717, 1.165) is 32.8 Å². The fourth-order valence-electron chi connectivity index (χ4n) is 2.12. The molecule has 0 saturated carbocycles. The van der Waals surface area contributed by atoms with Crippen molar-refractivity contribution in [2.75, 3.05) is 44.7 Å². The lowest BCUT2D eigenvalue weighted by Gasteiger charge is -2.26. The maximum absolute atomic E-state index is 12.1. The Balaban J connectivity index is 1.82. The normalized spacial score (nSPS) is 16.3. The molecule has 1 saturated heterocycles. The van der Waals surface area contributed by atoms with E-state index >= 15 is 0 Å². The lowest BCUT2D eigenvalue weighted by Crippen LogP contribution is -2.41. The number of aromatic nitrogens is 2. The SMILES string of the molecule is CC(C)(C)Nc1nccc(C(=O)NCCN2CCOCC2)n1. The Bertz CT molecular complexity index is 495. The highest BCUT2D eigenvalue weighted by Gasteiger charge is 2.14. The Kier molecular flexibility index (Phi) is 5.68. The highest BCUT2D eigenvalue weighted by atomic mass is 16.5. The summed E-state index contributed by atoms with van der Waals surface area (Å²) in [4.78, 5) is 22.8. The van der Waals surface area contributed by atoms with Crippen molar-refractivity contribution in [1.82, 2.24) is 20.2 Å². The molecule has 122 valence electrons. The zero-order valence-electron chi connectivity index (χ0n) is 13.6. The first-order chi connectivity index (χ1) is 10.4. The Morgan fingerprint density at radius 1 is 1.36 bits per heavy atom. The molecule has 0 aromatic carbocycles. The molecule has 2 N–H and O–H groups in total. The molecule has 2 rings (SSSR count). The van der Waals surface area contributed by atoms with E-state index in [-0.39, 0.29) is 11.4 Å². The molecule has 0 bridgehead atoms. The Hall–Kier alpha value is -1.73. The maximum atomic E-state index is 12.1. The lowest BCUT2D eigenvalue weighted by molar-refractivity contribution is 0.0383. The van der Waals surface area contributed by atoms with Gasteiger partial charge >= 0.3 is 0 Å². The molecular weight excluding hydrogens is 282 g/mol. The molecule has 1 aromatic rings. The number of hydrogen-bond acceptors (Lipinski definition) is 6. The van der Waals surface area contributed by atoms with Crippen LogP contribution in [0, 0.1) is 0 Å². The Labute approximate surface area is 131 Å². The number of nitrogens with zero attached hydrogens (tertiary/aromatic N) is 3. The van der Waals surface area contributed by atoms with Crippen LogP contribution in [0.3, 0.4) is 0 Å². The highest BCUT2D eigenvalue weighted by molar-refractivity contribution is 5.92. The van der Waals surface area contributed by atoms with E-state index < -0.39 is 0 Å². The van der Waals surface area contributed by atoms with E-state index in [0.29, 0.717) is 18.2 Å². The summed E-state index contributed by atoms with van der Waals surface area (Å²) >= 11 is 0. The number of amides is 1. The zero-order valence-corrected chi connectivity index (χ0v) is 13.6. The van der Waals surface area contributed by atoms with Crippen LogP contribution >= 0.6 is 0 Å². The number of hydrogen-bond donors (Lipinski definition) is 2. The van der Waals surface area contributed by atoms with E-state index in [4.69, 9.17) is 4.74 Å². The second-order valence-electron chi connectivity index (χ2n) is 6.35. The quantitative estimate of drug-likeness (QED) is 0.836. The summed E-state index contributed by atoms with van der Waals surface area (Å²) in [5.41, 5.74) is 0.231. The second kappa shape index (κ2) is 7.51. The van der Waals surface area contributed by atoms with Crippen LogP contribution in [0.15, 0.2) is 12.3 Å². The molecule has 0 aliphatic carbocycles. The largest absolute Gasteiger partial charge is 0.379 e. The van der Waals surface area contributed by atoms with Crippen molar-refractivity contribution in [1.29, 1.82) is 0 Å². The molecular formula is C15H25N5O2. The molecule has 0 radical (unpaired) electrons. The molecule has 0 atom stereocenters. The molecule has 7 nitrogen and oxygen atoms in total. The van der Waals surface area contributed by atoms with Crippen LogP contribution in [0.5, 0.6) is 0 Å².